The van der Waals surface area contributed by atoms with Crippen LogP contribution in [0, 0.1) is 17.8 Å². The average Bonchev–Trinajstić information content (AvgIpc) is 3.43. The van der Waals surface area contributed by atoms with Crippen molar-refractivity contribution in [3.8, 4) is 11.8 Å². The van der Waals surface area contributed by atoms with Crippen molar-refractivity contribution in [3.05, 3.63) is 140 Å². The number of hydrogen-bond donors (Lipinski definition) is 1. The summed E-state index contributed by atoms with van der Waals surface area (Å²) in [6.45, 7) is 3.87. The van der Waals surface area contributed by atoms with Crippen molar-refractivity contribution < 1.29 is 27.4 Å². The van der Waals surface area contributed by atoms with Crippen LogP contribution in [0.3, 0.4) is 0 Å². The Bertz CT molecular complexity index is 1650. The van der Waals surface area contributed by atoms with Gasteiger partial charge in [0.05, 0.1) is 12.7 Å². The van der Waals surface area contributed by atoms with Gasteiger partial charge in [-0.15, -0.1) is 0 Å². The van der Waals surface area contributed by atoms with Gasteiger partial charge in [-0.3, -0.25) is 14.3 Å². The Morgan fingerprint density at radius 3 is 1.93 bits per heavy atom. The van der Waals surface area contributed by atoms with Crippen LogP contribution < -0.4 is 11.2 Å². The Hall–Kier alpha value is -4.43. The summed E-state index contributed by atoms with van der Waals surface area (Å²) >= 11 is 0. The molecule has 3 aromatic carbocycles. The Balaban J connectivity index is 1.53. The lowest BCUT2D eigenvalue weighted by Gasteiger charge is -2.37. The van der Waals surface area contributed by atoms with Gasteiger partial charge in [0.25, 0.3) is 5.56 Å². The Kier molecular flexibility index (Phi) is 9.73. The summed E-state index contributed by atoms with van der Waals surface area (Å²) in [6, 6.07) is 29.0. The SMILES string of the molecule is CC(C)C#CCO[C@H]1C[C@H](n2cc(C(F)(F)F)c(=O)[nH]c2=O)O[C@@H]1COC(c1ccccc1)(c1ccccc1)c1ccccc1. The molecule has 2 heterocycles. The largest absolute Gasteiger partial charge is 0.423 e. The molecule has 0 amide bonds. The fourth-order valence-electron chi connectivity index (χ4n) is 5.47. The van der Waals surface area contributed by atoms with Crippen LogP contribution in [0.4, 0.5) is 13.2 Å². The molecule has 0 radical (unpaired) electrons. The minimum Gasteiger partial charge on any atom is -0.363 e. The number of hydrogen-bond acceptors (Lipinski definition) is 5. The van der Waals surface area contributed by atoms with E-state index in [4.69, 9.17) is 14.2 Å². The zero-order valence-corrected chi connectivity index (χ0v) is 24.8. The second kappa shape index (κ2) is 13.7. The predicted octanol–water partition coefficient (Wildman–Crippen LogP) is 5.90. The molecule has 1 aliphatic rings. The zero-order valence-electron chi connectivity index (χ0n) is 24.8. The first kappa shape index (κ1) is 32.0. The van der Waals surface area contributed by atoms with E-state index in [9.17, 15) is 22.8 Å². The summed E-state index contributed by atoms with van der Waals surface area (Å²) in [5.41, 5.74) is -2.58. The van der Waals surface area contributed by atoms with Crippen molar-refractivity contribution in [2.45, 2.75) is 50.5 Å². The molecular formula is C35H33F3N2O5. The highest BCUT2D eigenvalue weighted by Gasteiger charge is 2.43. The van der Waals surface area contributed by atoms with Gasteiger partial charge in [0.2, 0.25) is 0 Å². The molecule has 0 unspecified atom stereocenters. The second-order valence-corrected chi connectivity index (χ2v) is 11.0. The van der Waals surface area contributed by atoms with E-state index in [2.05, 4.69) is 11.8 Å². The number of nitrogens with zero attached hydrogens (tertiary/aromatic N) is 1. The maximum Gasteiger partial charge on any atom is 0.423 e. The minimum absolute atomic E-state index is 0.0235. The molecule has 1 aliphatic heterocycles. The highest BCUT2D eigenvalue weighted by molar-refractivity contribution is 5.47. The lowest BCUT2D eigenvalue weighted by Crippen LogP contribution is -2.39. The van der Waals surface area contributed by atoms with Crippen LogP contribution in [0.5, 0.6) is 0 Å². The van der Waals surface area contributed by atoms with E-state index in [1.807, 2.05) is 105 Å². The summed E-state index contributed by atoms with van der Waals surface area (Å²) in [7, 11) is 0. The van der Waals surface area contributed by atoms with Crippen LogP contribution >= 0.6 is 0 Å². The van der Waals surface area contributed by atoms with Gasteiger partial charge in [-0.2, -0.15) is 13.2 Å². The van der Waals surface area contributed by atoms with Crippen molar-refractivity contribution in [2.24, 2.45) is 5.92 Å². The van der Waals surface area contributed by atoms with E-state index in [-0.39, 0.29) is 25.6 Å². The number of alkyl halides is 3. The molecule has 234 valence electrons. The number of rotatable bonds is 9. The van der Waals surface area contributed by atoms with Crippen molar-refractivity contribution in [3.63, 3.8) is 0 Å². The van der Waals surface area contributed by atoms with Gasteiger partial charge in [0.1, 0.15) is 30.1 Å². The molecular weight excluding hydrogens is 585 g/mol. The lowest BCUT2D eigenvalue weighted by molar-refractivity contribution is -0.140. The summed E-state index contributed by atoms with van der Waals surface area (Å²) < 4.78 is 60.6. The number of ether oxygens (including phenoxy) is 3. The van der Waals surface area contributed by atoms with Gasteiger partial charge in [0.15, 0.2) is 0 Å². The number of benzene rings is 3. The number of aromatic amines is 1. The molecule has 10 heteroatoms. The lowest BCUT2D eigenvalue weighted by atomic mass is 9.80. The van der Waals surface area contributed by atoms with Crippen molar-refractivity contribution in [1.82, 2.24) is 9.55 Å². The summed E-state index contributed by atoms with van der Waals surface area (Å²) in [5.74, 6) is 6.09. The highest BCUT2D eigenvalue weighted by Crippen LogP contribution is 2.42. The Morgan fingerprint density at radius 1 is 0.911 bits per heavy atom. The van der Waals surface area contributed by atoms with Crippen LogP contribution in [0.1, 0.15) is 48.8 Å². The maximum atomic E-state index is 13.6. The Labute approximate surface area is 258 Å². The van der Waals surface area contributed by atoms with Gasteiger partial charge in [-0.1, -0.05) is 117 Å². The summed E-state index contributed by atoms with van der Waals surface area (Å²) in [5, 5.41) is 0. The minimum atomic E-state index is -4.97. The van der Waals surface area contributed by atoms with Gasteiger partial charge in [0, 0.05) is 18.5 Å². The molecule has 4 aromatic rings. The van der Waals surface area contributed by atoms with Crippen LogP contribution in [-0.2, 0) is 26.0 Å². The molecule has 3 atom stereocenters. The van der Waals surface area contributed by atoms with E-state index >= 15 is 0 Å². The normalized spacial score (nSPS) is 18.5. The third-order valence-corrected chi connectivity index (χ3v) is 7.53. The van der Waals surface area contributed by atoms with Gasteiger partial charge in [-0.25, -0.2) is 4.79 Å². The van der Waals surface area contributed by atoms with Crippen LogP contribution in [0.15, 0.2) is 107 Å². The fourth-order valence-corrected chi connectivity index (χ4v) is 5.47. The van der Waals surface area contributed by atoms with E-state index in [0.717, 1.165) is 21.3 Å². The zero-order chi connectivity index (χ0) is 32.0. The topological polar surface area (TPSA) is 82.6 Å². The highest BCUT2D eigenvalue weighted by atomic mass is 19.4. The molecule has 5 rings (SSSR count). The van der Waals surface area contributed by atoms with E-state index in [1.54, 1.807) is 4.98 Å². The molecule has 1 saturated heterocycles. The molecule has 0 aliphatic carbocycles. The smallest absolute Gasteiger partial charge is 0.363 e. The third-order valence-electron chi connectivity index (χ3n) is 7.53. The Morgan fingerprint density at radius 2 is 1.44 bits per heavy atom. The van der Waals surface area contributed by atoms with E-state index < -0.39 is 47.0 Å². The molecule has 0 saturated carbocycles. The molecule has 0 spiro atoms. The van der Waals surface area contributed by atoms with Crippen LogP contribution in [0.25, 0.3) is 0 Å². The third kappa shape index (κ3) is 7.12. The van der Waals surface area contributed by atoms with Gasteiger partial charge in [-0.05, 0) is 16.7 Å². The van der Waals surface area contributed by atoms with Gasteiger partial charge >= 0.3 is 11.9 Å². The first-order chi connectivity index (χ1) is 21.6. The first-order valence-electron chi connectivity index (χ1n) is 14.6. The molecule has 1 fully saturated rings. The van der Waals surface area contributed by atoms with Crippen molar-refractivity contribution in [2.75, 3.05) is 13.2 Å². The van der Waals surface area contributed by atoms with Crippen LogP contribution in [-0.4, -0.2) is 35.0 Å². The number of halogens is 3. The molecule has 45 heavy (non-hydrogen) atoms. The van der Waals surface area contributed by atoms with Gasteiger partial charge < -0.3 is 14.2 Å². The first-order valence-corrected chi connectivity index (χ1v) is 14.6. The predicted molar refractivity (Wildman–Crippen MR) is 162 cm³/mol. The van der Waals surface area contributed by atoms with Crippen molar-refractivity contribution in [1.29, 1.82) is 0 Å². The summed E-state index contributed by atoms with van der Waals surface area (Å²) in [6.07, 6.45) is -7.11. The maximum absolute atomic E-state index is 13.6. The quantitative estimate of drug-likeness (QED) is 0.187. The molecule has 0 bridgehead atoms. The molecule has 1 aromatic heterocycles. The molecule has 7 nitrogen and oxygen atoms in total. The molecule has 1 N–H and O–H groups in total. The number of aromatic nitrogens is 2. The monoisotopic (exact) mass is 618 g/mol. The van der Waals surface area contributed by atoms with Crippen LogP contribution in [0.2, 0.25) is 0 Å². The standard InChI is InChI=1S/C35H33F3N2O5/c1-24(2)13-12-20-43-29-21-31(40-22-28(35(36,37)38)32(41)39-33(40)42)45-30(29)23-44-34(25-14-6-3-7-15-25,26-16-8-4-9-17-26)27-18-10-5-11-19-27/h3-11,14-19,22,24,29-31H,20-21,23H2,1-2H3,(H,39,41,42)/t29-,30+,31+/m0/s1. The number of H-pyrrole nitrogens is 1. The average molecular weight is 619 g/mol. The second-order valence-electron chi connectivity index (χ2n) is 11.0. The number of nitrogens with one attached hydrogen (secondary N) is 1. The summed E-state index contributed by atoms with van der Waals surface area (Å²) in [4.78, 5) is 26.4. The fraction of sp³-hybridized carbons (Fsp3) is 0.314. The van der Waals surface area contributed by atoms with E-state index in [0.29, 0.717) is 6.20 Å². The van der Waals surface area contributed by atoms with Crippen molar-refractivity contribution >= 4 is 0 Å². The van der Waals surface area contributed by atoms with E-state index in [1.165, 1.54) is 0 Å².